The van der Waals surface area contributed by atoms with Crippen LogP contribution in [0, 0.1) is 11.6 Å². The number of carbonyl (C=O) groups is 1. The average molecular weight is 284 g/mol. The van der Waals surface area contributed by atoms with E-state index in [0.717, 1.165) is 18.2 Å². The fourth-order valence-corrected chi connectivity index (χ4v) is 2.23. The molecule has 110 valence electrons. The number of hydrogen-bond donors (Lipinski definition) is 2. The lowest BCUT2D eigenvalue weighted by Gasteiger charge is -2.33. The molecule has 2 rings (SSSR count). The zero-order valence-electron chi connectivity index (χ0n) is 11.3. The van der Waals surface area contributed by atoms with Crippen LogP contribution in [0.3, 0.4) is 0 Å². The lowest BCUT2D eigenvalue weighted by Crippen LogP contribution is -2.57. The topological polar surface area (TPSA) is 64.4 Å². The number of nitrogens with one attached hydrogen (secondary N) is 1. The highest BCUT2D eigenvalue weighted by Gasteiger charge is 2.36. The maximum absolute atomic E-state index is 13.6. The molecule has 0 aromatic heterocycles. The van der Waals surface area contributed by atoms with Gasteiger partial charge in [-0.3, -0.25) is 4.79 Å². The Morgan fingerprint density at radius 2 is 2.05 bits per heavy atom. The first-order chi connectivity index (χ1) is 9.42. The van der Waals surface area contributed by atoms with E-state index in [-0.39, 0.29) is 11.5 Å². The van der Waals surface area contributed by atoms with Crippen molar-refractivity contribution in [3.63, 3.8) is 0 Å². The van der Waals surface area contributed by atoms with E-state index in [1.54, 1.807) is 6.92 Å². The molecule has 1 aromatic carbocycles. The summed E-state index contributed by atoms with van der Waals surface area (Å²) in [5.74, 6) is -1.47. The minimum atomic E-state index is -1.00. The van der Waals surface area contributed by atoms with Crippen LogP contribution in [0.4, 0.5) is 8.78 Å². The van der Waals surface area contributed by atoms with Crippen LogP contribution in [-0.4, -0.2) is 24.7 Å². The molecule has 1 atom stereocenters. The molecular weight excluding hydrogens is 266 g/mol. The van der Waals surface area contributed by atoms with Crippen molar-refractivity contribution in [3.8, 4) is 0 Å². The third-order valence-corrected chi connectivity index (χ3v) is 3.61. The molecule has 3 N–H and O–H groups in total. The van der Waals surface area contributed by atoms with E-state index in [0.29, 0.717) is 26.1 Å². The fourth-order valence-electron chi connectivity index (χ4n) is 2.23. The highest BCUT2D eigenvalue weighted by molar-refractivity contribution is 5.86. The summed E-state index contributed by atoms with van der Waals surface area (Å²) >= 11 is 0. The van der Waals surface area contributed by atoms with E-state index in [1.807, 2.05) is 0 Å². The summed E-state index contributed by atoms with van der Waals surface area (Å²) in [6.07, 6.45) is 0.828. The van der Waals surface area contributed by atoms with Crippen molar-refractivity contribution >= 4 is 5.91 Å². The van der Waals surface area contributed by atoms with Gasteiger partial charge in [-0.25, -0.2) is 8.78 Å². The van der Waals surface area contributed by atoms with E-state index in [9.17, 15) is 13.6 Å². The second-order valence-corrected chi connectivity index (χ2v) is 5.13. The van der Waals surface area contributed by atoms with Gasteiger partial charge in [0.25, 0.3) is 0 Å². The Morgan fingerprint density at radius 3 is 2.70 bits per heavy atom. The molecule has 1 saturated heterocycles. The van der Waals surface area contributed by atoms with Gasteiger partial charge in [-0.1, -0.05) is 0 Å². The molecule has 1 aromatic rings. The van der Waals surface area contributed by atoms with E-state index < -0.39 is 23.2 Å². The van der Waals surface area contributed by atoms with Crippen LogP contribution in [-0.2, 0) is 9.53 Å². The minimum Gasteiger partial charge on any atom is -0.381 e. The number of amides is 1. The molecule has 1 amide bonds. The van der Waals surface area contributed by atoms with Crippen molar-refractivity contribution in [2.75, 3.05) is 13.2 Å². The first-order valence-corrected chi connectivity index (χ1v) is 6.55. The minimum absolute atomic E-state index is 0.106. The molecular formula is C14H18F2N2O2. The molecule has 6 heteroatoms. The van der Waals surface area contributed by atoms with E-state index in [2.05, 4.69) is 5.32 Å². The SMILES string of the molecule is CC(NC(=O)C1(N)CCOCC1)c1cc(F)ccc1F. The highest BCUT2D eigenvalue weighted by Crippen LogP contribution is 2.22. The zero-order valence-corrected chi connectivity index (χ0v) is 11.3. The predicted molar refractivity (Wildman–Crippen MR) is 69.9 cm³/mol. The average Bonchev–Trinajstić information content (AvgIpc) is 2.42. The number of rotatable bonds is 3. The van der Waals surface area contributed by atoms with Gasteiger partial charge in [0.2, 0.25) is 5.91 Å². The second kappa shape index (κ2) is 5.85. The summed E-state index contributed by atoms with van der Waals surface area (Å²) in [5, 5.41) is 2.65. The number of halogens is 2. The van der Waals surface area contributed by atoms with Gasteiger partial charge in [-0.2, -0.15) is 0 Å². The molecule has 1 aliphatic heterocycles. The Hall–Kier alpha value is -1.53. The molecule has 1 fully saturated rings. The second-order valence-electron chi connectivity index (χ2n) is 5.13. The largest absolute Gasteiger partial charge is 0.381 e. The van der Waals surface area contributed by atoms with Crippen LogP contribution in [0.2, 0.25) is 0 Å². The molecule has 1 aliphatic rings. The Labute approximate surface area is 116 Å². The quantitative estimate of drug-likeness (QED) is 0.887. The van der Waals surface area contributed by atoms with Gasteiger partial charge < -0.3 is 15.8 Å². The van der Waals surface area contributed by atoms with Crippen LogP contribution in [0.15, 0.2) is 18.2 Å². The summed E-state index contributed by atoms with van der Waals surface area (Å²) in [5.41, 5.74) is 5.14. The molecule has 1 heterocycles. The molecule has 1 unspecified atom stereocenters. The number of hydrogen-bond acceptors (Lipinski definition) is 3. The van der Waals surface area contributed by atoms with E-state index in [1.165, 1.54) is 0 Å². The number of nitrogens with two attached hydrogens (primary N) is 1. The monoisotopic (exact) mass is 284 g/mol. The maximum atomic E-state index is 13.6. The fraction of sp³-hybridized carbons (Fsp3) is 0.500. The summed E-state index contributed by atoms with van der Waals surface area (Å²) in [6.45, 7) is 2.44. The molecule has 0 radical (unpaired) electrons. The third-order valence-electron chi connectivity index (χ3n) is 3.61. The third kappa shape index (κ3) is 3.13. The number of carbonyl (C=O) groups excluding carboxylic acids is 1. The smallest absolute Gasteiger partial charge is 0.240 e. The molecule has 4 nitrogen and oxygen atoms in total. The predicted octanol–water partition coefficient (Wildman–Crippen LogP) is 1.65. The van der Waals surface area contributed by atoms with Gasteiger partial charge >= 0.3 is 0 Å². The van der Waals surface area contributed by atoms with Gasteiger partial charge in [0.15, 0.2) is 0 Å². The van der Waals surface area contributed by atoms with Gasteiger partial charge in [-0.05, 0) is 38.0 Å². The van der Waals surface area contributed by atoms with Crippen LogP contribution in [0.5, 0.6) is 0 Å². The molecule has 0 saturated carbocycles. The van der Waals surface area contributed by atoms with Crippen molar-refractivity contribution in [3.05, 3.63) is 35.4 Å². The van der Waals surface area contributed by atoms with Gasteiger partial charge in [0.05, 0.1) is 11.6 Å². The lowest BCUT2D eigenvalue weighted by molar-refractivity contribution is -0.130. The van der Waals surface area contributed by atoms with Crippen LogP contribution in [0.1, 0.15) is 31.4 Å². The maximum Gasteiger partial charge on any atom is 0.240 e. The first-order valence-electron chi connectivity index (χ1n) is 6.55. The van der Waals surface area contributed by atoms with Crippen molar-refractivity contribution in [2.24, 2.45) is 5.73 Å². The normalized spacial score (nSPS) is 19.4. The standard InChI is InChI=1S/C14H18F2N2O2/c1-9(11-8-10(15)2-3-12(11)16)18-13(19)14(17)4-6-20-7-5-14/h2-3,8-9H,4-7,17H2,1H3,(H,18,19). The summed E-state index contributed by atoms with van der Waals surface area (Å²) in [4.78, 5) is 12.2. The van der Waals surface area contributed by atoms with Crippen LogP contribution < -0.4 is 11.1 Å². The van der Waals surface area contributed by atoms with Crippen molar-refractivity contribution in [1.82, 2.24) is 5.32 Å². The van der Waals surface area contributed by atoms with Gasteiger partial charge in [-0.15, -0.1) is 0 Å². The van der Waals surface area contributed by atoms with Crippen molar-refractivity contribution < 1.29 is 18.3 Å². The zero-order chi connectivity index (χ0) is 14.8. The highest BCUT2D eigenvalue weighted by atomic mass is 19.1. The number of ether oxygens (including phenoxy) is 1. The Morgan fingerprint density at radius 1 is 1.40 bits per heavy atom. The molecule has 0 aliphatic carbocycles. The van der Waals surface area contributed by atoms with Gasteiger partial charge in [0.1, 0.15) is 11.6 Å². The van der Waals surface area contributed by atoms with Crippen molar-refractivity contribution in [2.45, 2.75) is 31.3 Å². The Kier molecular flexibility index (Phi) is 4.35. The summed E-state index contributed by atoms with van der Waals surface area (Å²) < 4.78 is 32.0. The van der Waals surface area contributed by atoms with Crippen molar-refractivity contribution in [1.29, 1.82) is 0 Å². The lowest BCUT2D eigenvalue weighted by atomic mass is 9.90. The Bertz CT molecular complexity index is 502. The first kappa shape index (κ1) is 14.9. The Balaban J connectivity index is 2.08. The van der Waals surface area contributed by atoms with Crippen LogP contribution in [0.25, 0.3) is 0 Å². The summed E-state index contributed by atoms with van der Waals surface area (Å²) in [7, 11) is 0. The molecule has 0 spiro atoms. The molecule has 0 bridgehead atoms. The van der Waals surface area contributed by atoms with Crippen LogP contribution >= 0.6 is 0 Å². The van der Waals surface area contributed by atoms with Gasteiger partial charge in [0, 0.05) is 18.8 Å². The van der Waals surface area contributed by atoms with E-state index >= 15 is 0 Å². The van der Waals surface area contributed by atoms with E-state index in [4.69, 9.17) is 10.5 Å². The molecule has 20 heavy (non-hydrogen) atoms. The number of benzene rings is 1. The summed E-state index contributed by atoms with van der Waals surface area (Å²) in [6, 6.07) is 2.51.